The first-order valence-corrected chi connectivity index (χ1v) is 4.35. The van der Waals surface area contributed by atoms with Gasteiger partial charge in [-0.25, -0.2) is 0 Å². The number of hydrogen-bond acceptors (Lipinski definition) is 2. The van der Waals surface area contributed by atoms with E-state index in [0.29, 0.717) is 5.92 Å². The van der Waals surface area contributed by atoms with Gasteiger partial charge in [-0.1, -0.05) is 20.3 Å². The van der Waals surface area contributed by atoms with Crippen LogP contribution in [0.5, 0.6) is 5.75 Å². The van der Waals surface area contributed by atoms with E-state index in [1.807, 2.05) is 12.1 Å². The summed E-state index contributed by atoms with van der Waals surface area (Å²) in [4.78, 5) is 3.96. The zero-order valence-corrected chi connectivity index (χ0v) is 7.66. The second kappa shape index (κ2) is 4.75. The molecule has 0 bridgehead atoms. The molecule has 2 nitrogen and oxygen atoms in total. The summed E-state index contributed by atoms with van der Waals surface area (Å²) in [5, 5.41) is 0. The summed E-state index contributed by atoms with van der Waals surface area (Å²) in [5.41, 5.74) is 0. The van der Waals surface area contributed by atoms with Gasteiger partial charge < -0.3 is 4.74 Å². The third kappa shape index (κ3) is 2.91. The summed E-state index contributed by atoms with van der Waals surface area (Å²) in [6.07, 6.45) is 4.64. The molecular weight excluding hydrogens is 150 g/mol. The Morgan fingerprint density at radius 1 is 1.58 bits per heavy atom. The monoisotopic (exact) mass is 165 g/mol. The quantitative estimate of drug-likeness (QED) is 0.684. The van der Waals surface area contributed by atoms with Crippen molar-refractivity contribution in [3.05, 3.63) is 24.5 Å². The van der Waals surface area contributed by atoms with Crippen molar-refractivity contribution in [2.75, 3.05) is 6.61 Å². The number of rotatable bonds is 4. The smallest absolute Gasteiger partial charge is 0.137 e. The maximum Gasteiger partial charge on any atom is 0.137 e. The number of pyridine rings is 1. The summed E-state index contributed by atoms with van der Waals surface area (Å²) in [7, 11) is 0. The highest BCUT2D eigenvalue weighted by Gasteiger charge is 1.98. The standard InChI is InChI=1S/C10H15NO/c1-3-9(2)8-12-10-5-4-6-11-7-10/h4-7,9H,3,8H2,1-2H3. The van der Waals surface area contributed by atoms with Gasteiger partial charge in [0.05, 0.1) is 12.8 Å². The molecule has 0 saturated carbocycles. The fourth-order valence-electron chi connectivity index (χ4n) is 0.789. The Balaban J connectivity index is 2.33. The summed E-state index contributed by atoms with van der Waals surface area (Å²) < 4.78 is 5.50. The number of aromatic nitrogens is 1. The first-order chi connectivity index (χ1) is 5.83. The topological polar surface area (TPSA) is 22.1 Å². The first kappa shape index (κ1) is 9.04. The molecule has 1 aromatic rings. The van der Waals surface area contributed by atoms with Crippen LogP contribution in [-0.4, -0.2) is 11.6 Å². The van der Waals surface area contributed by atoms with Crippen LogP contribution >= 0.6 is 0 Å². The molecule has 0 spiro atoms. The molecule has 0 aromatic carbocycles. The predicted octanol–water partition coefficient (Wildman–Crippen LogP) is 2.51. The van der Waals surface area contributed by atoms with E-state index in [1.165, 1.54) is 0 Å². The van der Waals surface area contributed by atoms with Crippen LogP contribution in [0.3, 0.4) is 0 Å². The summed E-state index contributed by atoms with van der Waals surface area (Å²) in [6.45, 7) is 5.12. The molecule has 1 unspecified atom stereocenters. The van der Waals surface area contributed by atoms with E-state index >= 15 is 0 Å². The minimum Gasteiger partial charge on any atom is -0.492 e. The zero-order chi connectivity index (χ0) is 8.81. The molecule has 0 amide bonds. The summed E-state index contributed by atoms with van der Waals surface area (Å²) >= 11 is 0. The Morgan fingerprint density at radius 3 is 3.00 bits per heavy atom. The van der Waals surface area contributed by atoms with Crippen LogP contribution in [-0.2, 0) is 0 Å². The Kier molecular flexibility index (Phi) is 3.58. The molecule has 0 aliphatic carbocycles. The average molecular weight is 165 g/mol. The van der Waals surface area contributed by atoms with Crippen LogP contribution in [0.1, 0.15) is 20.3 Å². The van der Waals surface area contributed by atoms with Gasteiger partial charge in [-0.15, -0.1) is 0 Å². The van der Waals surface area contributed by atoms with Crippen molar-refractivity contribution >= 4 is 0 Å². The summed E-state index contributed by atoms with van der Waals surface area (Å²) in [5.74, 6) is 1.48. The van der Waals surface area contributed by atoms with Gasteiger partial charge in [-0.3, -0.25) is 4.98 Å². The van der Waals surface area contributed by atoms with Crippen molar-refractivity contribution in [1.29, 1.82) is 0 Å². The number of ether oxygens (including phenoxy) is 1. The number of hydrogen-bond donors (Lipinski definition) is 0. The molecule has 2 heteroatoms. The van der Waals surface area contributed by atoms with Crippen LogP contribution in [0.15, 0.2) is 24.5 Å². The molecule has 66 valence electrons. The summed E-state index contributed by atoms with van der Waals surface area (Å²) in [6, 6.07) is 3.81. The molecule has 0 aliphatic heterocycles. The second-order valence-electron chi connectivity index (χ2n) is 3.01. The minimum atomic E-state index is 0.616. The third-order valence-corrected chi connectivity index (χ3v) is 1.87. The Morgan fingerprint density at radius 2 is 2.42 bits per heavy atom. The van der Waals surface area contributed by atoms with E-state index in [1.54, 1.807) is 12.4 Å². The number of nitrogens with zero attached hydrogens (tertiary/aromatic N) is 1. The van der Waals surface area contributed by atoms with Gasteiger partial charge in [-0.05, 0) is 18.1 Å². The Labute approximate surface area is 73.6 Å². The van der Waals surface area contributed by atoms with Gasteiger partial charge in [0.2, 0.25) is 0 Å². The van der Waals surface area contributed by atoms with E-state index in [-0.39, 0.29) is 0 Å². The van der Waals surface area contributed by atoms with Crippen LogP contribution in [0, 0.1) is 5.92 Å². The minimum absolute atomic E-state index is 0.616. The first-order valence-electron chi connectivity index (χ1n) is 4.35. The van der Waals surface area contributed by atoms with Crippen molar-refractivity contribution in [3.63, 3.8) is 0 Å². The highest BCUT2D eigenvalue weighted by Crippen LogP contribution is 2.09. The van der Waals surface area contributed by atoms with E-state index in [0.717, 1.165) is 18.8 Å². The lowest BCUT2D eigenvalue weighted by atomic mass is 10.1. The molecule has 1 aromatic heterocycles. The maximum atomic E-state index is 5.50. The van der Waals surface area contributed by atoms with Gasteiger partial charge in [0.15, 0.2) is 0 Å². The van der Waals surface area contributed by atoms with Crippen molar-refractivity contribution in [2.24, 2.45) is 5.92 Å². The van der Waals surface area contributed by atoms with Gasteiger partial charge in [0.25, 0.3) is 0 Å². The van der Waals surface area contributed by atoms with Gasteiger partial charge >= 0.3 is 0 Å². The SMILES string of the molecule is CCC(C)COc1cccnc1. The second-order valence-corrected chi connectivity index (χ2v) is 3.01. The van der Waals surface area contributed by atoms with E-state index in [2.05, 4.69) is 18.8 Å². The molecule has 1 atom stereocenters. The normalized spacial score (nSPS) is 12.5. The molecule has 0 fully saturated rings. The van der Waals surface area contributed by atoms with Crippen LogP contribution in [0.25, 0.3) is 0 Å². The largest absolute Gasteiger partial charge is 0.492 e. The molecule has 1 heterocycles. The molecule has 0 saturated heterocycles. The highest BCUT2D eigenvalue weighted by molar-refractivity contribution is 5.15. The van der Waals surface area contributed by atoms with Crippen LogP contribution < -0.4 is 4.74 Å². The van der Waals surface area contributed by atoms with Crippen molar-refractivity contribution in [3.8, 4) is 5.75 Å². The highest BCUT2D eigenvalue weighted by atomic mass is 16.5. The van der Waals surface area contributed by atoms with Crippen LogP contribution in [0.4, 0.5) is 0 Å². The maximum absolute atomic E-state index is 5.50. The lowest BCUT2D eigenvalue weighted by molar-refractivity contribution is 0.256. The molecule has 0 N–H and O–H groups in total. The van der Waals surface area contributed by atoms with E-state index in [9.17, 15) is 0 Å². The van der Waals surface area contributed by atoms with Crippen molar-refractivity contribution in [1.82, 2.24) is 4.98 Å². The molecular formula is C10H15NO. The lowest BCUT2D eigenvalue weighted by Gasteiger charge is -2.09. The van der Waals surface area contributed by atoms with E-state index < -0.39 is 0 Å². The zero-order valence-electron chi connectivity index (χ0n) is 7.66. The fourth-order valence-corrected chi connectivity index (χ4v) is 0.789. The molecule has 0 aliphatic rings. The van der Waals surface area contributed by atoms with Gasteiger partial charge in [0.1, 0.15) is 5.75 Å². The van der Waals surface area contributed by atoms with Crippen LogP contribution in [0.2, 0.25) is 0 Å². The average Bonchev–Trinajstić information content (AvgIpc) is 2.16. The van der Waals surface area contributed by atoms with E-state index in [4.69, 9.17) is 4.74 Å². The Bertz CT molecular complexity index is 210. The van der Waals surface area contributed by atoms with Crippen molar-refractivity contribution in [2.45, 2.75) is 20.3 Å². The molecule has 0 radical (unpaired) electrons. The molecule has 12 heavy (non-hydrogen) atoms. The van der Waals surface area contributed by atoms with Gasteiger partial charge in [0, 0.05) is 6.20 Å². The lowest BCUT2D eigenvalue weighted by Crippen LogP contribution is -2.07. The Hall–Kier alpha value is -1.05. The third-order valence-electron chi connectivity index (χ3n) is 1.87. The fraction of sp³-hybridized carbons (Fsp3) is 0.500. The predicted molar refractivity (Wildman–Crippen MR) is 49.2 cm³/mol. The molecule has 1 rings (SSSR count). The van der Waals surface area contributed by atoms with Gasteiger partial charge in [-0.2, -0.15) is 0 Å². The van der Waals surface area contributed by atoms with Crippen molar-refractivity contribution < 1.29 is 4.74 Å².